The van der Waals surface area contributed by atoms with Gasteiger partial charge in [-0.25, -0.2) is 0 Å². The number of fused-ring (bicyclic) bond motifs is 3. The summed E-state index contributed by atoms with van der Waals surface area (Å²) in [6, 6.07) is 24.0. The van der Waals surface area contributed by atoms with E-state index in [-0.39, 0.29) is 11.0 Å². The topological polar surface area (TPSA) is 38.3 Å². The summed E-state index contributed by atoms with van der Waals surface area (Å²) in [5.41, 5.74) is 5.46. The first-order chi connectivity index (χ1) is 13.3. The number of carbonyl (C=O) groups is 1. The van der Waals surface area contributed by atoms with Gasteiger partial charge >= 0.3 is 0 Å². The number of Topliss-reactive ketones (excluding diaryl/α,β-unsaturated/α-hetero) is 1. The van der Waals surface area contributed by atoms with Crippen LogP contribution in [0.25, 0.3) is 5.70 Å². The molecule has 0 saturated carbocycles. The van der Waals surface area contributed by atoms with Crippen LogP contribution in [0.3, 0.4) is 0 Å². The lowest BCUT2D eigenvalue weighted by atomic mass is 10.00. The maximum Gasteiger partial charge on any atom is 0.193 e. The summed E-state index contributed by atoms with van der Waals surface area (Å²) >= 11 is 1.69. The first kappa shape index (κ1) is 16.2. The van der Waals surface area contributed by atoms with Gasteiger partial charge in [-0.15, -0.1) is 11.8 Å². The Kier molecular flexibility index (Phi) is 3.80. The second-order valence-corrected chi connectivity index (χ2v) is 7.67. The molecule has 1 atom stereocenters. The van der Waals surface area contributed by atoms with Crippen molar-refractivity contribution in [2.24, 2.45) is 0 Å². The van der Waals surface area contributed by atoms with Crippen molar-refractivity contribution in [3.05, 3.63) is 95.1 Å². The van der Waals surface area contributed by atoms with Gasteiger partial charge in [0.2, 0.25) is 0 Å². The standard InChI is InChI=1S/C23H17NO2S/c1-26-18-12-6-4-10-16(18)23-20-21(14-8-2-3-9-15(14)22(20)25)24-17-11-5-7-13-19(17)27-23/h2-13,23-24H,1H3. The Labute approximate surface area is 162 Å². The lowest BCUT2D eigenvalue weighted by molar-refractivity contribution is 0.103. The summed E-state index contributed by atoms with van der Waals surface area (Å²) in [4.78, 5) is 14.5. The van der Waals surface area contributed by atoms with E-state index in [2.05, 4.69) is 17.4 Å². The molecule has 1 heterocycles. The minimum Gasteiger partial charge on any atom is -0.496 e. The fraction of sp³-hybridized carbons (Fsp3) is 0.0870. The third kappa shape index (κ3) is 2.48. The van der Waals surface area contributed by atoms with Crippen LogP contribution in [0.5, 0.6) is 5.75 Å². The van der Waals surface area contributed by atoms with E-state index in [4.69, 9.17) is 4.74 Å². The number of hydrogen-bond donors (Lipinski definition) is 1. The Bertz CT molecular complexity index is 1100. The first-order valence-electron chi connectivity index (χ1n) is 8.82. The molecular weight excluding hydrogens is 354 g/mol. The molecular formula is C23H17NO2S. The van der Waals surface area contributed by atoms with E-state index in [1.165, 1.54) is 0 Å². The van der Waals surface area contributed by atoms with E-state index >= 15 is 0 Å². The number of para-hydroxylation sites is 2. The molecule has 0 saturated heterocycles. The highest BCUT2D eigenvalue weighted by atomic mass is 32.2. The maximum atomic E-state index is 13.4. The number of methoxy groups -OCH3 is 1. The quantitative estimate of drug-likeness (QED) is 0.640. The predicted octanol–water partition coefficient (Wildman–Crippen LogP) is 5.56. The van der Waals surface area contributed by atoms with Gasteiger partial charge in [0.15, 0.2) is 5.78 Å². The van der Waals surface area contributed by atoms with E-state index in [1.807, 2.05) is 60.7 Å². The Morgan fingerprint density at radius 1 is 0.889 bits per heavy atom. The van der Waals surface area contributed by atoms with Gasteiger partial charge < -0.3 is 10.1 Å². The molecule has 1 aliphatic heterocycles. The number of thioether (sulfide) groups is 1. The van der Waals surface area contributed by atoms with Gasteiger partial charge in [-0.2, -0.15) is 0 Å². The van der Waals surface area contributed by atoms with Gasteiger partial charge in [-0.1, -0.05) is 54.6 Å². The summed E-state index contributed by atoms with van der Waals surface area (Å²) < 4.78 is 5.62. The van der Waals surface area contributed by atoms with Crippen molar-refractivity contribution in [1.82, 2.24) is 0 Å². The van der Waals surface area contributed by atoms with Crippen LogP contribution in [0.1, 0.15) is 26.7 Å². The molecule has 0 aromatic heterocycles. The minimum absolute atomic E-state index is 0.0873. The normalized spacial score (nSPS) is 17.5. The maximum absolute atomic E-state index is 13.4. The van der Waals surface area contributed by atoms with Crippen LogP contribution in [0.4, 0.5) is 5.69 Å². The van der Waals surface area contributed by atoms with E-state index < -0.39 is 0 Å². The van der Waals surface area contributed by atoms with Crippen LogP contribution in [0, 0.1) is 0 Å². The van der Waals surface area contributed by atoms with Crippen molar-refractivity contribution < 1.29 is 9.53 Å². The zero-order valence-corrected chi connectivity index (χ0v) is 15.5. The number of hydrogen-bond acceptors (Lipinski definition) is 4. The molecule has 3 aromatic rings. The van der Waals surface area contributed by atoms with E-state index in [0.29, 0.717) is 0 Å². The van der Waals surface area contributed by atoms with Crippen molar-refractivity contribution in [3.8, 4) is 5.75 Å². The molecule has 0 spiro atoms. The van der Waals surface area contributed by atoms with Crippen molar-refractivity contribution in [2.45, 2.75) is 10.1 Å². The van der Waals surface area contributed by atoms with Crippen molar-refractivity contribution in [3.63, 3.8) is 0 Å². The number of rotatable bonds is 2. The number of nitrogens with one attached hydrogen (secondary N) is 1. The fourth-order valence-electron chi connectivity index (χ4n) is 3.78. The molecule has 2 aliphatic rings. The molecule has 1 aliphatic carbocycles. The summed E-state index contributed by atoms with van der Waals surface area (Å²) in [5.74, 6) is 0.884. The highest BCUT2D eigenvalue weighted by Gasteiger charge is 2.38. The average molecular weight is 371 g/mol. The summed E-state index contributed by atoms with van der Waals surface area (Å²) in [5, 5.41) is 3.40. The summed E-state index contributed by atoms with van der Waals surface area (Å²) in [7, 11) is 1.67. The molecule has 3 nitrogen and oxygen atoms in total. The fourth-order valence-corrected chi connectivity index (χ4v) is 5.10. The van der Waals surface area contributed by atoms with Gasteiger partial charge in [0.25, 0.3) is 0 Å². The van der Waals surface area contributed by atoms with Gasteiger partial charge in [-0.05, 0) is 18.2 Å². The Morgan fingerprint density at radius 3 is 2.44 bits per heavy atom. The Balaban J connectivity index is 1.77. The van der Waals surface area contributed by atoms with Crippen molar-refractivity contribution in [2.75, 3.05) is 12.4 Å². The molecule has 0 fully saturated rings. The van der Waals surface area contributed by atoms with Crippen molar-refractivity contribution >= 4 is 28.9 Å². The number of carbonyl (C=O) groups excluding carboxylic acids is 1. The second kappa shape index (κ2) is 6.32. The predicted molar refractivity (Wildman–Crippen MR) is 109 cm³/mol. The molecule has 3 aromatic carbocycles. The number of ketones is 1. The molecule has 0 amide bonds. The van der Waals surface area contributed by atoms with Crippen LogP contribution in [-0.2, 0) is 0 Å². The lowest BCUT2D eigenvalue weighted by Gasteiger charge is -2.19. The number of benzene rings is 3. The van der Waals surface area contributed by atoms with Crippen molar-refractivity contribution in [1.29, 1.82) is 0 Å². The molecule has 0 radical (unpaired) electrons. The highest BCUT2D eigenvalue weighted by molar-refractivity contribution is 8.00. The molecule has 5 rings (SSSR count). The van der Waals surface area contributed by atoms with Gasteiger partial charge in [0.05, 0.1) is 23.7 Å². The zero-order valence-electron chi connectivity index (χ0n) is 14.7. The third-order valence-electron chi connectivity index (χ3n) is 5.03. The number of anilines is 1. The lowest BCUT2D eigenvalue weighted by Crippen LogP contribution is -2.08. The minimum atomic E-state index is -0.146. The average Bonchev–Trinajstić information content (AvgIpc) is 2.88. The first-order valence-corrected chi connectivity index (χ1v) is 9.70. The molecule has 27 heavy (non-hydrogen) atoms. The van der Waals surface area contributed by atoms with Crippen LogP contribution >= 0.6 is 11.8 Å². The summed E-state index contributed by atoms with van der Waals surface area (Å²) in [6.45, 7) is 0. The van der Waals surface area contributed by atoms with Gasteiger partial charge in [0, 0.05) is 27.2 Å². The van der Waals surface area contributed by atoms with E-state index in [1.54, 1.807) is 18.9 Å². The van der Waals surface area contributed by atoms with Gasteiger partial charge in [0.1, 0.15) is 5.75 Å². The van der Waals surface area contributed by atoms with Crippen LogP contribution in [0.15, 0.2) is 83.3 Å². The Hall–Kier alpha value is -2.98. The Morgan fingerprint density at radius 2 is 1.59 bits per heavy atom. The second-order valence-electron chi connectivity index (χ2n) is 6.52. The van der Waals surface area contributed by atoms with Crippen LogP contribution in [-0.4, -0.2) is 12.9 Å². The highest BCUT2D eigenvalue weighted by Crippen LogP contribution is 2.53. The molecule has 1 unspecified atom stereocenters. The van der Waals surface area contributed by atoms with E-state index in [0.717, 1.165) is 44.3 Å². The van der Waals surface area contributed by atoms with E-state index in [9.17, 15) is 4.79 Å². The zero-order chi connectivity index (χ0) is 18.4. The molecule has 0 bridgehead atoms. The SMILES string of the molecule is COc1ccccc1C1Sc2ccccc2NC2=C1C(=O)c1ccccc12. The third-order valence-corrected chi connectivity index (χ3v) is 6.37. The molecule has 4 heteroatoms. The van der Waals surface area contributed by atoms with Crippen LogP contribution < -0.4 is 10.1 Å². The molecule has 132 valence electrons. The monoisotopic (exact) mass is 371 g/mol. The van der Waals surface area contributed by atoms with Crippen LogP contribution in [0.2, 0.25) is 0 Å². The molecule has 1 N–H and O–H groups in total. The summed E-state index contributed by atoms with van der Waals surface area (Å²) in [6.07, 6.45) is 0. The smallest absolute Gasteiger partial charge is 0.193 e. The largest absolute Gasteiger partial charge is 0.496 e. The van der Waals surface area contributed by atoms with Gasteiger partial charge in [-0.3, -0.25) is 4.79 Å². The number of ether oxygens (including phenoxy) is 1.